The van der Waals surface area contributed by atoms with Gasteiger partial charge >= 0.3 is 0 Å². The van der Waals surface area contributed by atoms with Gasteiger partial charge < -0.3 is 15.2 Å². The molecule has 0 radical (unpaired) electrons. The van der Waals surface area contributed by atoms with Gasteiger partial charge in [-0.15, -0.1) is 10.2 Å². The van der Waals surface area contributed by atoms with Gasteiger partial charge in [0, 0.05) is 24.2 Å². The van der Waals surface area contributed by atoms with Crippen LogP contribution in [0.15, 0.2) is 47.6 Å². The monoisotopic (exact) mass is 510 g/mol. The number of nitro groups is 1. The van der Waals surface area contributed by atoms with Gasteiger partial charge in [-0.1, -0.05) is 49.4 Å². The fourth-order valence-electron chi connectivity index (χ4n) is 3.65. The standard InChI is InChI=1S/C25H30N6O4S/c1-6-30-23(22(15(2)3)27-24(33)18-9-7-8-16(4)12-18)28-29-25(30)36-14-21(32)26-20-13-19(31(34)35)11-10-17(20)5/h7-13,15,22H,6,14H2,1-5H3,(H,26,32)(H,27,33)/t22-/m1/s1. The van der Waals surface area contributed by atoms with Crippen molar-refractivity contribution in [2.24, 2.45) is 5.92 Å². The quantitative estimate of drug-likeness (QED) is 0.230. The lowest BCUT2D eigenvalue weighted by Crippen LogP contribution is -2.33. The molecule has 190 valence electrons. The smallest absolute Gasteiger partial charge is 0.271 e. The van der Waals surface area contributed by atoms with E-state index in [0.29, 0.717) is 28.8 Å². The summed E-state index contributed by atoms with van der Waals surface area (Å²) in [6.45, 7) is 10.2. The second-order valence-electron chi connectivity index (χ2n) is 8.74. The molecule has 2 N–H and O–H groups in total. The van der Waals surface area contributed by atoms with Crippen LogP contribution < -0.4 is 10.6 Å². The van der Waals surface area contributed by atoms with Crippen molar-refractivity contribution < 1.29 is 14.5 Å². The maximum atomic E-state index is 12.9. The van der Waals surface area contributed by atoms with Crippen LogP contribution in [0, 0.1) is 29.9 Å². The molecule has 0 aliphatic carbocycles. The number of carbonyl (C=O) groups is 2. The van der Waals surface area contributed by atoms with Gasteiger partial charge in [0.1, 0.15) is 0 Å². The van der Waals surface area contributed by atoms with Crippen LogP contribution in [-0.4, -0.2) is 37.3 Å². The molecular formula is C25H30N6O4S. The highest BCUT2D eigenvalue weighted by Crippen LogP contribution is 2.26. The molecule has 0 bridgehead atoms. The molecule has 0 saturated carbocycles. The molecule has 2 aromatic carbocycles. The Labute approximate surface area is 214 Å². The van der Waals surface area contributed by atoms with Crippen LogP contribution in [0.2, 0.25) is 0 Å². The summed E-state index contributed by atoms with van der Waals surface area (Å²) >= 11 is 1.21. The normalized spacial score (nSPS) is 11.8. The summed E-state index contributed by atoms with van der Waals surface area (Å²) in [6.07, 6.45) is 0. The first-order chi connectivity index (χ1) is 17.1. The molecule has 0 aliphatic heterocycles. The number of thioether (sulfide) groups is 1. The van der Waals surface area contributed by atoms with Crippen LogP contribution in [0.25, 0.3) is 0 Å². The van der Waals surface area contributed by atoms with Crippen molar-refractivity contribution in [3.05, 3.63) is 75.1 Å². The van der Waals surface area contributed by atoms with Crippen molar-refractivity contribution in [2.75, 3.05) is 11.1 Å². The fraction of sp³-hybridized carbons (Fsp3) is 0.360. The summed E-state index contributed by atoms with van der Waals surface area (Å²) in [7, 11) is 0. The number of carbonyl (C=O) groups excluding carboxylic acids is 2. The van der Waals surface area contributed by atoms with Gasteiger partial charge in [-0.25, -0.2) is 0 Å². The van der Waals surface area contributed by atoms with E-state index in [4.69, 9.17) is 0 Å². The summed E-state index contributed by atoms with van der Waals surface area (Å²) in [5, 5.41) is 26.0. The van der Waals surface area contributed by atoms with E-state index in [1.807, 2.05) is 50.5 Å². The molecule has 1 heterocycles. The molecule has 2 amide bonds. The average molecular weight is 511 g/mol. The van der Waals surface area contributed by atoms with Gasteiger partial charge in [0.05, 0.1) is 22.4 Å². The number of benzene rings is 2. The van der Waals surface area contributed by atoms with Crippen LogP contribution in [0.5, 0.6) is 0 Å². The minimum atomic E-state index is -0.502. The zero-order valence-electron chi connectivity index (χ0n) is 20.9. The number of rotatable bonds is 10. The minimum Gasteiger partial charge on any atom is -0.342 e. The molecule has 0 aliphatic rings. The van der Waals surface area contributed by atoms with Gasteiger partial charge in [-0.3, -0.25) is 19.7 Å². The predicted octanol–water partition coefficient (Wildman–Crippen LogP) is 4.68. The molecular weight excluding hydrogens is 480 g/mol. The molecule has 0 unspecified atom stereocenters. The SMILES string of the molecule is CCn1c(SCC(=O)Nc2cc([N+](=O)[O-])ccc2C)nnc1[C@H](NC(=O)c1cccc(C)c1)C(C)C. The van der Waals surface area contributed by atoms with Crippen LogP contribution in [0.3, 0.4) is 0 Å². The van der Waals surface area contributed by atoms with E-state index in [1.54, 1.807) is 19.1 Å². The van der Waals surface area contributed by atoms with Gasteiger partial charge in [-0.2, -0.15) is 0 Å². The highest BCUT2D eigenvalue weighted by molar-refractivity contribution is 7.99. The van der Waals surface area contributed by atoms with Crippen LogP contribution in [0.4, 0.5) is 11.4 Å². The molecule has 0 fully saturated rings. The lowest BCUT2D eigenvalue weighted by atomic mass is 10.0. The zero-order chi connectivity index (χ0) is 26.4. The topological polar surface area (TPSA) is 132 Å². The van der Waals surface area contributed by atoms with Crippen LogP contribution in [0.1, 0.15) is 54.1 Å². The molecule has 10 nitrogen and oxygen atoms in total. The molecule has 3 aromatic rings. The Morgan fingerprint density at radius 2 is 1.89 bits per heavy atom. The van der Waals surface area contributed by atoms with E-state index >= 15 is 0 Å². The van der Waals surface area contributed by atoms with Gasteiger partial charge in [0.15, 0.2) is 11.0 Å². The van der Waals surface area contributed by atoms with Crippen molar-refractivity contribution >= 4 is 35.0 Å². The van der Waals surface area contributed by atoms with E-state index in [1.165, 1.54) is 23.9 Å². The maximum Gasteiger partial charge on any atom is 0.271 e. The van der Waals surface area contributed by atoms with Gasteiger partial charge in [0.2, 0.25) is 5.91 Å². The molecule has 1 aromatic heterocycles. The Balaban J connectivity index is 1.73. The Hall–Kier alpha value is -3.73. The third-order valence-electron chi connectivity index (χ3n) is 5.61. The highest BCUT2D eigenvalue weighted by Gasteiger charge is 2.26. The summed E-state index contributed by atoms with van der Waals surface area (Å²) in [6, 6.07) is 11.3. The number of amides is 2. The largest absolute Gasteiger partial charge is 0.342 e. The lowest BCUT2D eigenvalue weighted by molar-refractivity contribution is -0.384. The fourth-order valence-corrected chi connectivity index (χ4v) is 4.46. The second-order valence-corrected chi connectivity index (χ2v) is 9.69. The number of anilines is 1. The molecule has 0 spiro atoms. The Bertz CT molecular complexity index is 1270. The Morgan fingerprint density at radius 1 is 1.14 bits per heavy atom. The van der Waals surface area contributed by atoms with Crippen molar-refractivity contribution in [1.82, 2.24) is 20.1 Å². The maximum absolute atomic E-state index is 12.9. The highest BCUT2D eigenvalue weighted by atomic mass is 32.2. The third kappa shape index (κ3) is 6.48. The van der Waals surface area contributed by atoms with Crippen molar-refractivity contribution in [3.8, 4) is 0 Å². The van der Waals surface area contributed by atoms with E-state index < -0.39 is 4.92 Å². The number of non-ortho nitro benzene ring substituents is 1. The first-order valence-corrected chi connectivity index (χ1v) is 12.6. The Morgan fingerprint density at radius 3 is 2.53 bits per heavy atom. The van der Waals surface area contributed by atoms with Gasteiger partial charge in [0.25, 0.3) is 11.6 Å². The number of aromatic nitrogens is 3. The molecule has 0 saturated heterocycles. The Kier molecular flexibility index (Phi) is 8.81. The number of hydrogen-bond acceptors (Lipinski definition) is 7. The summed E-state index contributed by atoms with van der Waals surface area (Å²) < 4.78 is 1.89. The van der Waals surface area contributed by atoms with E-state index in [9.17, 15) is 19.7 Å². The van der Waals surface area contributed by atoms with E-state index in [-0.39, 0.29) is 35.2 Å². The van der Waals surface area contributed by atoms with Crippen molar-refractivity contribution in [2.45, 2.75) is 52.4 Å². The zero-order valence-corrected chi connectivity index (χ0v) is 21.8. The number of hydrogen-bond donors (Lipinski definition) is 2. The summed E-state index contributed by atoms with van der Waals surface area (Å²) in [5.74, 6) is 0.201. The van der Waals surface area contributed by atoms with Crippen LogP contribution in [-0.2, 0) is 11.3 Å². The molecule has 11 heteroatoms. The minimum absolute atomic E-state index is 0.0439. The van der Waals surface area contributed by atoms with Crippen molar-refractivity contribution in [1.29, 1.82) is 0 Å². The second kappa shape index (κ2) is 11.8. The summed E-state index contributed by atoms with van der Waals surface area (Å²) in [4.78, 5) is 36.0. The number of nitrogens with one attached hydrogen (secondary N) is 2. The first kappa shape index (κ1) is 26.9. The molecule has 1 atom stereocenters. The van der Waals surface area contributed by atoms with Crippen LogP contribution >= 0.6 is 11.8 Å². The van der Waals surface area contributed by atoms with E-state index in [0.717, 1.165) is 11.1 Å². The summed E-state index contributed by atoms with van der Waals surface area (Å²) in [5.41, 5.74) is 2.60. The number of nitro benzene ring substituents is 1. The van der Waals surface area contributed by atoms with Gasteiger partial charge in [-0.05, 0) is 44.4 Å². The van der Waals surface area contributed by atoms with E-state index in [2.05, 4.69) is 20.8 Å². The molecule has 3 rings (SSSR count). The number of aryl methyl sites for hydroxylation is 2. The average Bonchev–Trinajstić information content (AvgIpc) is 3.24. The third-order valence-corrected chi connectivity index (χ3v) is 6.58. The lowest BCUT2D eigenvalue weighted by Gasteiger charge is -2.22. The predicted molar refractivity (Wildman–Crippen MR) is 139 cm³/mol. The first-order valence-electron chi connectivity index (χ1n) is 11.6. The van der Waals surface area contributed by atoms with Crippen molar-refractivity contribution in [3.63, 3.8) is 0 Å². The number of nitrogens with zero attached hydrogens (tertiary/aromatic N) is 4. The molecule has 36 heavy (non-hydrogen) atoms.